The van der Waals surface area contributed by atoms with Gasteiger partial charge in [-0.15, -0.1) is 0 Å². The smallest absolute Gasteiger partial charge is 0.258 e. The predicted molar refractivity (Wildman–Crippen MR) is 61.7 cm³/mol. The van der Waals surface area contributed by atoms with Crippen LogP contribution in [0.2, 0.25) is 0 Å². The fourth-order valence-electron chi connectivity index (χ4n) is 1.30. The Hall–Kier alpha value is -1.90. The van der Waals surface area contributed by atoms with E-state index in [2.05, 4.69) is 0 Å². The summed E-state index contributed by atoms with van der Waals surface area (Å²) < 4.78 is 0. The van der Waals surface area contributed by atoms with Crippen molar-refractivity contribution in [2.75, 3.05) is 0 Å². The Balaban J connectivity index is 3.19. The molecule has 0 spiro atoms. The fourth-order valence-corrected chi connectivity index (χ4v) is 1.30. The molecule has 0 bridgehead atoms. The molecule has 3 heteroatoms. The molecule has 0 aliphatic carbocycles. The molecule has 0 atom stereocenters. The van der Waals surface area contributed by atoms with Crippen molar-refractivity contribution in [1.82, 2.24) is 0 Å². The summed E-state index contributed by atoms with van der Waals surface area (Å²) in [5.41, 5.74) is 1.72. The van der Waals surface area contributed by atoms with Crippen LogP contribution in [0.1, 0.15) is 18.1 Å². The van der Waals surface area contributed by atoms with Crippen molar-refractivity contribution >= 4 is 11.8 Å². The zero-order valence-electron chi connectivity index (χ0n) is 8.81. The molecular formula is C12H13NO2. The van der Waals surface area contributed by atoms with Crippen molar-refractivity contribution in [3.8, 4) is 0 Å². The van der Waals surface area contributed by atoms with E-state index in [4.69, 9.17) is 0 Å². The first-order valence-electron chi connectivity index (χ1n) is 4.70. The van der Waals surface area contributed by atoms with Gasteiger partial charge < -0.3 is 0 Å². The van der Waals surface area contributed by atoms with Crippen LogP contribution in [0.25, 0.3) is 6.08 Å². The predicted octanol–water partition coefficient (Wildman–Crippen LogP) is 3.49. The molecule has 0 aromatic heterocycles. The SMILES string of the molecule is C/C=C/C=C/c1c(C)cccc1[N+](=O)[O-]. The Morgan fingerprint density at radius 1 is 1.33 bits per heavy atom. The van der Waals surface area contributed by atoms with Crippen molar-refractivity contribution in [3.05, 3.63) is 57.7 Å². The number of rotatable bonds is 3. The molecule has 78 valence electrons. The summed E-state index contributed by atoms with van der Waals surface area (Å²) in [5.74, 6) is 0. The van der Waals surface area contributed by atoms with E-state index in [1.165, 1.54) is 6.07 Å². The van der Waals surface area contributed by atoms with Gasteiger partial charge in [0.2, 0.25) is 0 Å². The molecule has 0 saturated heterocycles. The number of hydrogen-bond acceptors (Lipinski definition) is 2. The molecule has 1 rings (SSSR count). The van der Waals surface area contributed by atoms with Crippen LogP contribution in [0.5, 0.6) is 0 Å². The number of allylic oxidation sites excluding steroid dienone is 3. The first kappa shape index (κ1) is 11.2. The Labute approximate surface area is 88.9 Å². The molecule has 3 nitrogen and oxygen atoms in total. The van der Waals surface area contributed by atoms with Crippen LogP contribution in [0.3, 0.4) is 0 Å². The number of nitrogens with zero attached hydrogens (tertiary/aromatic N) is 1. The average molecular weight is 203 g/mol. The lowest BCUT2D eigenvalue weighted by atomic mass is 10.1. The number of hydrogen-bond donors (Lipinski definition) is 0. The number of nitro groups is 1. The van der Waals surface area contributed by atoms with E-state index in [9.17, 15) is 10.1 Å². The third-order valence-corrected chi connectivity index (χ3v) is 2.06. The van der Waals surface area contributed by atoms with Gasteiger partial charge in [-0.3, -0.25) is 10.1 Å². The van der Waals surface area contributed by atoms with Crippen LogP contribution >= 0.6 is 0 Å². The minimum absolute atomic E-state index is 0.149. The van der Waals surface area contributed by atoms with Gasteiger partial charge in [0.15, 0.2) is 0 Å². The Morgan fingerprint density at radius 3 is 2.67 bits per heavy atom. The number of nitro benzene ring substituents is 1. The maximum atomic E-state index is 10.8. The number of aryl methyl sites for hydroxylation is 1. The van der Waals surface area contributed by atoms with Crippen LogP contribution in [-0.2, 0) is 0 Å². The second-order valence-electron chi connectivity index (χ2n) is 3.15. The highest BCUT2D eigenvalue weighted by atomic mass is 16.6. The van der Waals surface area contributed by atoms with Gasteiger partial charge >= 0.3 is 0 Å². The van der Waals surface area contributed by atoms with Gasteiger partial charge in [-0.25, -0.2) is 0 Å². The summed E-state index contributed by atoms with van der Waals surface area (Å²) in [6.45, 7) is 3.76. The van der Waals surface area contributed by atoms with Crippen molar-refractivity contribution in [2.24, 2.45) is 0 Å². The number of benzene rings is 1. The first-order chi connectivity index (χ1) is 7.16. The lowest BCUT2D eigenvalue weighted by Gasteiger charge is -2.00. The lowest BCUT2D eigenvalue weighted by molar-refractivity contribution is -0.385. The topological polar surface area (TPSA) is 43.1 Å². The van der Waals surface area contributed by atoms with Gasteiger partial charge in [0.25, 0.3) is 5.69 Å². The highest BCUT2D eigenvalue weighted by molar-refractivity contribution is 5.65. The van der Waals surface area contributed by atoms with Crippen LogP contribution in [0, 0.1) is 17.0 Å². The molecule has 0 amide bonds. The highest BCUT2D eigenvalue weighted by Crippen LogP contribution is 2.23. The van der Waals surface area contributed by atoms with Gasteiger partial charge in [0, 0.05) is 6.07 Å². The van der Waals surface area contributed by atoms with Gasteiger partial charge in [-0.1, -0.05) is 30.4 Å². The van der Waals surface area contributed by atoms with Gasteiger partial charge in [0.05, 0.1) is 10.5 Å². The van der Waals surface area contributed by atoms with Gasteiger partial charge in [-0.05, 0) is 25.5 Å². The molecule has 0 saturated carbocycles. The van der Waals surface area contributed by atoms with Crippen LogP contribution in [-0.4, -0.2) is 4.92 Å². The zero-order chi connectivity index (χ0) is 11.3. The van der Waals surface area contributed by atoms with Crippen LogP contribution in [0.15, 0.2) is 36.4 Å². The lowest BCUT2D eigenvalue weighted by Crippen LogP contribution is -1.93. The van der Waals surface area contributed by atoms with E-state index in [-0.39, 0.29) is 10.6 Å². The summed E-state index contributed by atoms with van der Waals surface area (Å²) >= 11 is 0. The summed E-state index contributed by atoms with van der Waals surface area (Å²) in [6, 6.07) is 5.07. The van der Waals surface area contributed by atoms with Crippen LogP contribution in [0.4, 0.5) is 5.69 Å². The molecule has 0 unspecified atom stereocenters. The molecule has 0 fully saturated rings. The van der Waals surface area contributed by atoms with E-state index < -0.39 is 0 Å². The molecule has 0 radical (unpaired) electrons. The molecule has 0 heterocycles. The normalized spacial score (nSPS) is 11.3. The quantitative estimate of drug-likeness (QED) is 0.428. The highest BCUT2D eigenvalue weighted by Gasteiger charge is 2.11. The Morgan fingerprint density at radius 2 is 2.07 bits per heavy atom. The van der Waals surface area contributed by atoms with E-state index in [0.717, 1.165) is 5.56 Å². The summed E-state index contributed by atoms with van der Waals surface area (Å²) in [6.07, 6.45) is 7.28. The Bertz CT molecular complexity index is 420. The third-order valence-electron chi connectivity index (χ3n) is 2.06. The standard InChI is InChI=1S/C12H13NO2/c1-3-4-5-8-11-10(2)7-6-9-12(11)13(14)15/h3-9H,1-2H3/b4-3+,8-5+. The molecule has 15 heavy (non-hydrogen) atoms. The first-order valence-corrected chi connectivity index (χ1v) is 4.70. The molecular weight excluding hydrogens is 190 g/mol. The molecule has 0 N–H and O–H groups in total. The summed E-state index contributed by atoms with van der Waals surface area (Å²) in [4.78, 5) is 10.4. The molecule has 0 aliphatic rings. The van der Waals surface area contributed by atoms with Crippen LogP contribution < -0.4 is 0 Å². The fraction of sp³-hybridized carbons (Fsp3) is 0.167. The summed E-state index contributed by atoms with van der Waals surface area (Å²) in [7, 11) is 0. The largest absolute Gasteiger partial charge is 0.276 e. The van der Waals surface area contributed by atoms with Crippen molar-refractivity contribution in [1.29, 1.82) is 0 Å². The minimum atomic E-state index is -0.359. The van der Waals surface area contributed by atoms with E-state index in [1.54, 1.807) is 18.2 Å². The van der Waals surface area contributed by atoms with E-state index in [0.29, 0.717) is 5.56 Å². The molecule has 1 aromatic rings. The second-order valence-corrected chi connectivity index (χ2v) is 3.15. The molecule has 1 aromatic carbocycles. The van der Waals surface area contributed by atoms with E-state index in [1.807, 2.05) is 32.1 Å². The molecule has 0 aliphatic heterocycles. The average Bonchev–Trinajstić information content (AvgIpc) is 2.20. The maximum absolute atomic E-state index is 10.8. The summed E-state index contributed by atoms with van der Waals surface area (Å²) in [5, 5.41) is 10.8. The monoisotopic (exact) mass is 203 g/mol. The zero-order valence-corrected chi connectivity index (χ0v) is 8.81. The maximum Gasteiger partial charge on any atom is 0.276 e. The van der Waals surface area contributed by atoms with Crippen molar-refractivity contribution < 1.29 is 4.92 Å². The van der Waals surface area contributed by atoms with Gasteiger partial charge in [0.1, 0.15) is 0 Å². The van der Waals surface area contributed by atoms with E-state index >= 15 is 0 Å². The van der Waals surface area contributed by atoms with Crippen molar-refractivity contribution in [3.63, 3.8) is 0 Å². The third kappa shape index (κ3) is 2.77. The van der Waals surface area contributed by atoms with Gasteiger partial charge in [-0.2, -0.15) is 0 Å². The second kappa shape index (κ2) is 5.10. The van der Waals surface area contributed by atoms with Crippen molar-refractivity contribution in [2.45, 2.75) is 13.8 Å². The minimum Gasteiger partial charge on any atom is -0.258 e. The Kier molecular flexibility index (Phi) is 3.80.